The van der Waals surface area contributed by atoms with Gasteiger partial charge in [-0.2, -0.15) is 0 Å². The molecular formula is C22H15Br2FN2O2. The van der Waals surface area contributed by atoms with Gasteiger partial charge in [0.05, 0.1) is 6.04 Å². The lowest BCUT2D eigenvalue weighted by atomic mass is 9.95. The fraction of sp³-hybridized carbons (Fsp3) is 0.0909. The molecule has 7 heteroatoms. The molecule has 4 nitrogen and oxygen atoms in total. The van der Waals surface area contributed by atoms with Crippen LogP contribution in [-0.2, 0) is 4.79 Å². The van der Waals surface area contributed by atoms with Crippen LogP contribution in [0.25, 0.3) is 0 Å². The van der Waals surface area contributed by atoms with Gasteiger partial charge in [0, 0.05) is 25.8 Å². The average Bonchev–Trinajstić information content (AvgIpc) is 2.84. The van der Waals surface area contributed by atoms with Crippen LogP contribution in [0.4, 0.5) is 10.1 Å². The molecule has 0 unspecified atom stereocenters. The molecule has 1 aliphatic rings. The number of nitrogens with one attached hydrogen (secondary N) is 1. The second kappa shape index (κ2) is 8.08. The fourth-order valence-electron chi connectivity index (χ4n) is 3.46. The Labute approximate surface area is 184 Å². The number of amides is 2. The van der Waals surface area contributed by atoms with Crippen molar-refractivity contribution in [2.45, 2.75) is 6.04 Å². The van der Waals surface area contributed by atoms with Gasteiger partial charge < -0.3 is 10.2 Å². The van der Waals surface area contributed by atoms with Gasteiger partial charge in [0.2, 0.25) is 5.91 Å². The van der Waals surface area contributed by atoms with Crippen molar-refractivity contribution in [1.82, 2.24) is 4.90 Å². The second-order valence-corrected chi connectivity index (χ2v) is 8.51. The molecule has 0 spiro atoms. The Kier molecular flexibility index (Phi) is 5.52. The Morgan fingerprint density at radius 1 is 1.00 bits per heavy atom. The van der Waals surface area contributed by atoms with Crippen LogP contribution >= 0.6 is 31.9 Å². The maximum atomic E-state index is 13.6. The highest BCUT2D eigenvalue weighted by molar-refractivity contribution is 9.10. The molecule has 3 aromatic carbocycles. The Morgan fingerprint density at radius 2 is 1.72 bits per heavy atom. The van der Waals surface area contributed by atoms with E-state index in [1.807, 2.05) is 18.2 Å². The first-order valence-electron chi connectivity index (χ1n) is 8.83. The van der Waals surface area contributed by atoms with Crippen LogP contribution < -0.4 is 5.32 Å². The van der Waals surface area contributed by atoms with Crippen LogP contribution in [-0.4, -0.2) is 23.3 Å². The fourth-order valence-corrected chi connectivity index (χ4v) is 4.24. The van der Waals surface area contributed by atoms with Crippen LogP contribution in [0.5, 0.6) is 0 Å². The summed E-state index contributed by atoms with van der Waals surface area (Å²) in [6.45, 7) is -0.125. The number of halogens is 3. The summed E-state index contributed by atoms with van der Waals surface area (Å²) >= 11 is 6.86. The molecule has 29 heavy (non-hydrogen) atoms. The zero-order valence-electron chi connectivity index (χ0n) is 15.0. The number of hydrogen-bond acceptors (Lipinski definition) is 2. The second-order valence-electron chi connectivity index (χ2n) is 6.68. The van der Waals surface area contributed by atoms with Crippen LogP contribution in [0.15, 0.2) is 75.7 Å². The van der Waals surface area contributed by atoms with Crippen LogP contribution in [0.3, 0.4) is 0 Å². The summed E-state index contributed by atoms with van der Waals surface area (Å²) in [5, 5.41) is 2.87. The van der Waals surface area contributed by atoms with Gasteiger partial charge in [0.1, 0.15) is 12.4 Å². The smallest absolute Gasteiger partial charge is 0.255 e. The first-order valence-corrected chi connectivity index (χ1v) is 10.4. The molecule has 0 bridgehead atoms. The summed E-state index contributed by atoms with van der Waals surface area (Å²) in [5.74, 6) is -0.943. The summed E-state index contributed by atoms with van der Waals surface area (Å²) in [6, 6.07) is 17.9. The van der Waals surface area contributed by atoms with E-state index >= 15 is 0 Å². The minimum absolute atomic E-state index is 0.125. The Balaban J connectivity index is 1.90. The first-order chi connectivity index (χ1) is 13.9. The van der Waals surface area contributed by atoms with Crippen molar-refractivity contribution >= 4 is 49.4 Å². The summed E-state index contributed by atoms with van der Waals surface area (Å²) in [7, 11) is 0. The van der Waals surface area contributed by atoms with E-state index in [-0.39, 0.29) is 24.2 Å². The third-order valence-corrected chi connectivity index (χ3v) is 5.71. The Bertz CT molecular complexity index is 1100. The molecule has 4 rings (SSSR count). The van der Waals surface area contributed by atoms with Crippen molar-refractivity contribution in [3.05, 3.63) is 98.2 Å². The average molecular weight is 518 g/mol. The Hall–Kier alpha value is -2.51. The highest BCUT2D eigenvalue weighted by Crippen LogP contribution is 2.38. The van der Waals surface area contributed by atoms with E-state index in [0.717, 1.165) is 14.5 Å². The number of nitrogens with zero attached hydrogens (tertiary/aromatic N) is 1. The van der Waals surface area contributed by atoms with Crippen molar-refractivity contribution in [1.29, 1.82) is 0 Å². The van der Waals surface area contributed by atoms with Gasteiger partial charge in [0.25, 0.3) is 5.91 Å². The third-order valence-electron chi connectivity index (χ3n) is 4.73. The van der Waals surface area contributed by atoms with Crippen molar-refractivity contribution < 1.29 is 14.0 Å². The standard InChI is InChI=1S/C22H15Br2FN2O2/c23-15-3-1-2-14(10-15)22(29)27-12-20(28)26-19-9-6-16(24)11-18(19)21(27)13-4-7-17(25)8-5-13/h1-11,21H,12H2,(H,26,28)/t21-/m1/s1. The third kappa shape index (κ3) is 4.11. The summed E-state index contributed by atoms with van der Waals surface area (Å²) < 4.78 is 15.1. The number of benzene rings is 3. The maximum absolute atomic E-state index is 13.6. The first kappa shape index (κ1) is 19.8. The highest BCUT2D eigenvalue weighted by Gasteiger charge is 2.34. The lowest BCUT2D eigenvalue weighted by molar-refractivity contribution is -0.117. The van der Waals surface area contributed by atoms with Gasteiger partial charge in [-0.15, -0.1) is 0 Å². The quantitative estimate of drug-likeness (QED) is 0.485. The number of carbonyl (C=O) groups is 2. The van der Waals surface area contributed by atoms with E-state index in [2.05, 4.69) is 37.2 Å². The molecule has 146 valence electrons. The van der Waals surface area contributed by atoms with E-state index in [4.69, 9.17) is 0 Å². The summed E-state index contributed by atoms with van der Waals surface area (Å²) in [4.78, 5) is 27.5. The topological polar surface area (TPSA) is 49.4 Å². The molecule has 0 fully saturated rings. The monoisotopic (exact) mass is 516 g/mol. The predicted octanol–water partition coefficient (Wildman–Crippen LogP) is 5.53. The lowest BCUT2D eigenvalue weighted by Gasteiger charge is -2.31. The number of carbonyl (C=O) groups excluding carboxylic acids is 2. The zero-order chi connectivity index (χ0) is 20.5. The number of fused-ring (bicyclic) bond motifs is 1. The van der Waals surface area contributed by atoms with Crippen molar-refractivity contribution in [2.75, 3.05) is 11.9 Å². The molecule has 1 N–H and O–H groups in total. The number of rotatable bonds is 2. The largest absolute Gasteiger partial charge is 0.324 e. The zero-order valence-corrected chi connectivity index (χ0v) is 18.2. The van der Waals surface area contributed by atoms with Crippen molar-refractivity contribution in [3.63, 3.8) is 0 Å². The molecule has 1 atom stereocenters. The van der Waals surface area contributed by atoms with Gasteiger partial charge in [-0.1, -0.05) is 50.1 Å². The minimum Gasteiger partial charge on any atom is -0.324 e. The van der Waals surface area contributed by atoms with Gasteiger partial charge >= 0.3 is 0 Å². The van der Waals surface area contributed by atoms with Crippen molar-refractivity contribution in [2.24, 2.45) is 0 Å². The predicted molar refractivity (Wildman–Crippen MR) is 116 cm³/mol. The van der Waals surface area contributed by atoms with E-state index in [1.54, 1.807) is 36.4 Å². The van der Waals surface area contributed by atoms with Gasteiger partial charge in [0.15, 0.2) is 0 Å². The molecule has 2 amide bonds. The summed E-state index contributed by atoms with van der Waals surface area (Å²) in [5.41, 5.74) is 2.54. The summed E-state index contributed by atoms with van der Waals surface area (Å²) in [6.07, 6.45) is 0. The molecular weight excluding hydrogens is 503 g/mol. The van der Waals surface area contributed by atoms with E-state index in [0.29, 0.717) is 16.8 Å². The highest BCUT2D eigenvalue weighted by atomic mass is 79.9. The van der Waals surface area contributed by atoms with E-state index in [9.17, 15) is 14.0 Å². The van der Waals surface area contributed by atoms with Gasteiger partial charge in [-0.25, -0.2) is 4.39 Å². The molecule has 0 saturated heterocycles. The van der Waals surface area contributed by atoms with Gasteiger partial charge in [-0.05, 0) is 54.1 Å². The maximum Gasteiger partial charge on any atom is 0.255 e. The molecule has 0 saturated carbocycles. The number of anilines is 1. The minimum atomic E-state index is -0.562. The molecule has 3 aromatic rings. The van der Waals surface area contributed by atoms with E-state index < -0.39 is 6.04 Å². The van der Waals surface area contributed by atoms with Crippen LogP contribution in [0.1, 0.15) is 27.5 Å². The number of hydrogen-bond donors (Lipinski definition) is 1. The molecule has 1 aliphatic heterocycles. The van der Waals surface area contributed by atoms with E-state index in [1.165, 1.54) is 17.0 Å². The van der Waals surface area contributed by atoms with Crippen LogP contribution in [0, 0.1) is 5.82 Å². The Morgan fingerprint density at radius 3 is 2.45 bits per heavy atom. The normalized spacial score (nSPS) is 16.0. The molecule has 0 aromatic heterocycles. The van der Waals surface area contributed by atoms with Crippen molar-refractivity contribution in [3.8, 4) is 0 Å². The molecule has 0 aliphatic carbocycles. The molecule has 1 heterocycles. The lowest BCUT2D eigenvalue weighted by Crippen LogP contribution is -2.39. The molecule has 0 radical (unpaired) electrons. The van der Waals surface area contributed by atoms with Gasteiger partial charge in [-0.3, -0.25) is 9.59 Å². The van der Waals surface area contributed by atoms with Crippen LogP contribution in [0.2, 0.25) is 0 Å². The SMILES string of the molecule is O=C1CN(C(=O)c2cccc(Br)c2)[C@H](c2ccc(F)cc2)c2cc(Br)ccc2N1.